The minimum Gasteiger partial charge on any atom is -0.368 e. The van der Waals surface area contributed by atoms with E-state index >= 15 is 0 Å². The van der Waals surface area contributed by atoms with Crippen LogP contribution in [0.25, 0.3) is 5.95 Å². The topological polar surface area (TPSA) is 85.8 Å². The number of nitrogens with two attached hydrogens (primary N) is 1. The molecule has 0 saturated carbocycles. The molecule has 20 heavy (non-hydrogen) atoms. The molecule has 2 aromatic heterocycles. The molecule has 0 aliphatic rings. The minimum atomic E-state index is 0.230. The Hall–Kier alpha value is -2.18. The quantitative estimate of drug-likeness (QED) is 0.858. The molecule has 2 heterocycles. The van der Waals surface area contributed by atoms with Crippen LogP contribution in [0.15, 0.2) is 12.4 Å². The summed E-state index contributed by atoms with van der Waals surface area (Å²) in [4.78, 5) is 19.3. The fourth-order valence-electron chi connectivity index (χ4n) is 2.05. The molecule has 0 atom stereocenters. The summed E-state index contributed by atoms with van der Waals surface area (Å²) in [5, 5.41) is 0. The molecule has 0 unspecified atom stereocenters. The summed E-state index contributed by atoms with van der Waals surface area (Å²) in [6.45, 7) is 7.88. The Morgan fingerprint density at radius 2 is 1.90 bits per heavy atom. The van der Waals surface area contributed by atoms with Gasteiger partial charge in [-0.05, 0) is 20.3 Å². The van der Waals surface area contributed by atoms with Crippen molar-refractivity contribution in [2.75, 3.05) is 23.7 Å². The van der Waals surface area contributed by atoms with Crippen LogP contribution in [0.4, 0.5) is 11.9 Å². The van der Waals surface area contributed by atoms with Crippen LogP contribution >= 0.6 is 0 Å². The lowest BCUT2D eigenvalue weighted by Gasteiger charge is -2.19. The summed E-state index contributed by atoms with van der Waals surface area (Å²) in [6, 6.07) is 0. The summed E-state index contributed by atoms with van der Waals surface area (Å²) in [6.07, 6.45) is 5.49. The number of rotatable bonds is 6. The first-order valence-corrected chi connectivity index (χ1v) is 6.98. The van der Waals surface area contributed by atoms with Crippen LogP contribution in [0.2, 0.25) is 0 Å². The number of nitrogen functional groups attached to an aromatic ring is 1. The zero-order valence-corrected chi connectivity index (χ0v) is 12.2. The van der Waals surface area contributed by atoms with E-state index in [0.717, 1.165) is 31.8 Å². The normalized spacial score (nSPS) is 10.8. The molecule has 2 N–H and O–H groups in total. The van der Waals surface area contributed by atoms with E-state index < -0.39 is 0 Å². The minimum absolute atomic E-state index is 0.230. The second-order valence-electron chi connectivity index (χ2n) is 4.43. The maximum atomic E-state index is 5.81. The van der Waals surface area contributed by atoms with Crippen LogP contribution < -0.4 is 10.6 Å². The predicted molar refractivity (Wildman–Crippen MR) is 78.9 cm³/mol. The highest BCUT2D eigenvalue weighted by Gasteiger charge is 2.13. The third-order valence-electron chi connectivity index (χ3n) is 3.08. The van der Waals surface area contributed by atoms with Crippen LogP contribution in [0.5, 0.6) is 0 Å². The van der Waals surface area contributed by atoms with E-state index in [4.69, 9.17) is 5.73 Å². The standard InChI is InChI=1S/C13H21N7/c1-4-7-10-15-8-9-20(10)13-17-11(14)16-12(18-13)19(5-2)6-3/h8-9H,4-7H2,1-3H3,(H2,14,16,17,18). The van der Waals surface area contributed by atoms with Crippen molar-refractivity contribution in [3.8, 4) is 5.95 Å². The van der Waals surface area contributed by atoms with Gasteiger partial charge in [-0.3, -0.25) is 4.57 Å². The van der Waals surface area contributed by atoms with Crippen molar-refractivity contribution in [1.29, 1.82) is 0 Å². The van der Waals surface area contributed by atoms with Gasteiger partial charge < -0.3 is 10.6 Å². The lowest BCUT2D eigenvalue weighted by molar-refractivity contribution is 0.760. The van der Waals surface area contributed by atoms with Crippen molar-refractivity contribution in [2.24, 2.45) is 0 Å². The van der Waals surface area contributed by atoms with Crippen molar-refractivity contribution in [3.05, 3.63) is 18.2 Å². The monoisotopic (exact) mass is 275 g/mol. The zero-order valence-electron chi connectivity index (χ0n) is 12.2. The first kappa shape index (κ1) is 14.2. The van der Waals surface area contributed by atoms with Gasteiger partial charge in [-0.2, -0.15) is 15.0 Å². The average molecular weight is 275 g/mol. The molecule has 0 aromatic carbocycles. The number of hydrogen-bond donors (Lipinski definition) is 1. The zero-order chi connectivity index (χ0) is 14.5. The van der Waals surface area contributed by atoms with E-state index in [0.29, 0.717) is 11.9 Å². The molecule has 0 bridgehead atoms. The maximum absolute atomic E-state index is 5.81. The summed E-state index contributed by atoms with van der Waals surface area (Å²) < 4.78 is 1.87. The molecule has 7 heteroatoms. The molecule has 0 fully saturated rings. The van der Waals surface area contributed by atoms with E-state index in [1.54, 1.807) is 6.20 Å². The smallest absolute Gasteiger partial charge is 0.241 e. The summed E-state index contributed by atoms with van der Waals surface area (Å²) in [5.41, 5.74) is 5.81. The SMILES string of the molecule is CCCc1nccn1-c1nc(N)nc(N(CC)CC)n1. The van der Waals surface area contributed by atoms with Crippen LogP contribution in [-0.4, -0.2) is 37.6 Å². The van der Waals surface area contributed by atoms with E-state index in [1.807, 2.05) is 15.7 Å². The average Bonchev–Trinajstić information content (AvgIpc) is 2.88. The summed E-state index contributed by atoms with van der Waals surface area (Å²) in [5.74, 6) is 2.30. The predicted octanol–water partition coefficient (Wildman–Crippen LogP) is 1.44. The molecule has 0 amide bonds. The van der Waals surface area contributed by atoms with Crippen molar-refractivity contribution in [3.63, 3.8) is 0 Å². The molecule has 0 aliphatic heterocycles. The van der Waals surface area contributed by atoms with Gasteiger partial charge in [0.25, 0.3) is 0 Å². The van der Waals surface area contributed by atoms with Crippen molar-refractivity contribution >= 4 is 11.9 Å². The van der Waals surface area contributed by atoms with Gasteiger partial charge in [0.2, 0.25) is 17.8 Å². The van der Waals surface area contributed by atoms with E-state index in [2.05, 4.69) is 40.7 Å². The van der Waals surface area contributed by atoms with Gasteiger partial charge in [-0.25, -0.2) is 4.98 Å². The van der Waals surface area contributed by atoms with Crippen molar-refractivity contribution < 1.29 is 0 Å². The molecule has 108 valence electrons. The van der Waals surface area contributed by atoms with Gasteiger partial charge in [0.1, 0.15) is 5.82 Å². The second-order valence-corrected chi connectivity index (χ2v) is 4.43. The fourth-order valence-corrected chi connectivity index (χ4v) is 2.05. The summed E-state index contributed by atoms with van der Waals surface area (Å²) >= 11 is 0. The fraction of sp³-hybridized carbons (Fsp3) is 0.538. The van der Waals surface area contributed by atoms with Crippen molar-refractivity contribution in [1.82, 2.24) is 24.5 Å². The lowest BCUT2D eigenvalue weighted by Crippen LogP contribution is -2.25. The molecule has 0 aliphatic carbocycles. The Bertz CT molecular complexity index is 560. The molecule has 0 spiro atoms. The Morgan fingerprint density at radius 3 is 2.55 bits per heavy atom. The Morgan fingerprint density at radius 1 is 1.15 bits per heavy atom. The number of aryl methyl sites for hydroxylation is 1. The number of aromatic nitrogens is 5. The number of hydrogen-bond acceptors (Lipinski definition) is 6. The van der Waals surface area contributed by atoms with Gasteiger partial charge in [0.15, 0.2) is 0 Å². The highest BCUT2D eigenvalue weighted by atomic mass is 15.3. The molecule has 2 rings (SSSR count). The highest BCUT2D eigenvalue weighted by Crippen LogP contribution is 2.13. The maximum Gasteiger partial charge on any atom is 0.241 e. The first-order chi connectivity index (χ1) is 9.69. The van der Waals surface area contributed by atoms with Crippen LogP contribution in [0.1, 0.15) is 33.0 Å². The van der Waals surface area contributed by atoms with Crippen molar-refractivity contribution in [2.45, 2.75) is 33.6 Å². The van der Waals surface area contributed by atoms with Gasteiger partial charge >= 0.3 is 0 Å². The second kappa shape index (κ2) is 6.31. The Labute approximate surface area is 118 Å². The summed E-state index contributed by atoms with van der Waals surface area (Å²) in [7, 11) is 0. The molecule has 0 radical (unpaired) electrons. The lowest BCUT2D eigenvalue weighted by atomic mass is 10.3. The van der Waals surface area contributed by atoms with E-state index in [-0.39, 0.29) is 5.95 Å². The third kappa shape index (κ3) is 2.87. The Kier molecular flexibility index (Phi) is 4.49. The van der Waals surface area contributed by atoms with E-state index in [9.17, 15) is 0 Å². The van der Waals surface area contributed by atoms with Gasteiger partial charge in [-0.1, -0.05) is 6.92 Å². The van der Waals surface area contributed by atoms with Crippen LogP contribution in [-0.2, 0) is 6.42 Å². The number of anilines is 2. The molecule has 2 aromatic rings. The van der Waals surface area contributed by atoms with Gasteiger partial charge in [0.05, 0.1) is 0 Å². The number of nitrogens with zero attached hydrogens (tertiary/aromatic N) is 6. The number of imidazole rings is 1. The molecular weight excluding hydrogens is 254 g/mol. The van der Waals surface area contributed by atoms with Gasteiger partial charge in [-0.15, -0.1) is 0 Å². The Balaban J connectivity index is 2.43. The van der Waals surface area contributed by atoms with Crippen LogP contribution in [0.3, 0.4) is 0 Å². The largest absolute Gasteiger partial charge is 0.368 e. The molecule has 0 saturated heterocycles. The third-order valence-corrected chi connectivity index (χ3v) is 3.08. The molecular formula is C13H21N7. The van der Waals surface area contributed by atoms with Gasteiger partial charge in [0, 0.05) is 31.9 Å². The first-order valence-electron chi connectivity index (χ1n) is 6.98. The van der Waals surface area contributed by atoms with Crippen LogP contribution in [0, 0.1) is 0 Å². The van der Waals surface area contributed by atoms with E-state index in [1.165, 1.54) is 0 Å². The molecule has 7 nitrogen and oxygen atoms in total. The highest BCUT2D eigenvalue weighted by molar-refractivity contribution is 5.38.